The molecule has 1 heterocycles. The molecule has 31 heavy (non-hydrogen) atoms. The fourth-order valence-electron chi connectivity index (χ4n) is 3.57. The number of hydrogen-bond donors (Lipinski definition) is 2. The van der Waals surface area contributed by atoms with Crippen LogP contribution in [0.15, 0.2) is 53.5 Å². The smallest absolute Gasteiger partial charge is 0.195 e. The average molecular weight is 539 g/mol. The van der Waals surface area contributed by atoms with Gasteiger partial charge in [-0.05, 0) is 17.7 Å². The van der Waals surface area contributed by atoms with Crippen molar-refractivity contribution in [1.82, 2.24) is 15.1 Å². The number of ether oxygens (including phenoxy) is 2. The molecule has 0 saturated carbocycles. The maximum absolute atomic E-state index is 5.36. The van der Waals surface area contributed by atoms with Gasteiger partial charge in [-0.15, -0.1) is 24.0 Å². The molecule has 7 nitrogen and oxygen atoms in total. The van der Waals surface area contributed by atoms with Crippen LogP contribution in [0.4, 0.5) is 5.69 Å². The second-order valence-corrected chi connectivity index (χ2v) is 7.30. The first kappa shape index (κ1) is 25.2. The molecule has 8 heteroatoms. The van der Waals surface area contributed by atoms with Crippen LogP contribution >= 0.6 is 24.0 Å². The van der Waals surface area contributed by atoms with Gasteiger partial charge in [0, 0.05) is 64.6 Å². The van der Waals surface area contributed by atoms with Crippen molar-refractivity contribution in [3.05, 3.63) is 54.1 Å². The molecule has 1 aliphatic heterocycles. The van der Waals surface area contributed by atoms with Crippen LogP contribution < -0.4 is 20.1 Å². The molecule has 0 aromatic heterocycles. The van der Waals surface area contributed by atoms with Gasteiger partial charge in [0.25, 0.3) is 0 Å². The Labute approximate surface area is 202 Å². The molecular formula is C23H34IN5O2. The zero-order valence-electron chi connectivity index (χ0n) is 18.6. The lowest BCUT2D eigenvalue weighted by Crippen LogP contribution is -2.48. The summed E-state index contributed by atoms with van der Waals surface area (Å²) in [5.41, 5.74) is 2.29. The van der Waals surface area contributed by atoms with E-state index in [0.717, 1.165) is 57.5 Å². The Kier molecular flexibility index (Phi) is 10.9. The summed E-state index contributed by atoms with van der Waals surface area (Å²) < 4.78 is 10.7. The molecule has 2 N–H and O–H groups in total. The number of halogens is 1. The van der Waals surface area contributed by atoms with E-state index in [2.05, 4.69) is 55.8 Å². The van der Waals surface area contributed by atoms with E-state index in [0.29, 0.717) is 11.5 Å². The Hall–Kier alpha value is -2.04. The predicted octanol–water partition coefficient (Wildman–Crippen LogP) is 3.13. The molecule has 3 rings (SSSR count). The van der Waals surface area contributed by atoms with Gasteiger partial charge in [0.2, 0.25) is 0 Å². The van der Waals surface area contributed by atoms with Crippen molar-refractivity contribution < 1.29 is 9.47 Å². The van der Waals surface area contributed by atoms with Gasteiger partial charge < -0.3 is 20.1 Å². The fourth-order valence-corrected chi connectivity index (χ4v) is 3.57. The minimum Gasteiger partial charge on any atom is -0.493 e. The maximum atomic E-state index is 5.36. The first-order chi connectivity index (χ1) is 14.7. The lowest BCUT2D eigenvalue weighted by molar-refractivity contribution is 0.129. The van der Waals surface area contributed by atoms with E-state index in [1.165, 1.54) is 5.56 Å². The van der Waals surface area contributed by atoms with E-state index >= 15 is 0 Å². The molecule has 0 radical (unpaired) electrons. The summed E-state index contributed by atoms with van der Waals surface area (Å²) in [5, 5.41) is 6.70. The van der Waals surface area contributed by atoms with Crippen LogP contribution in [0.5, 0.6) is 11.5 Å². The largest absolute Gasteiger partial charge is 0.493 e. The highest BCUT2D eigenvalue weighted by atomic mass is 127. The first-order valence-electron chi connectivity index (χ1n) is 10.4. The van der Waals surface area contributed by atoms with Crippen LogP contribution in [0.3, 0.4) is 0 Å². The lowest BCUT2D eigenvalue weighted by Gasteiger charge is -2.34. The lowest BCUT2D eigenvalue weighted by atomic mass is 10.2. The number of methoxy groups -OCH3 is 2. The zero-order valence-corrected chi connectivity index (χ0v) is 21.0. The highest BCUT2D eigenvalue weighted by molar-refractivity contribution is 14.0. The van der Waals surface area contributed by atoms with Crippen LogP contribution in [-0.4, -0.2) is 76.3 Å². The molecule has 1 aliphatic rings. The Balaban J connectivity index is 0.00000341. The average Bonchev–Trinajstić information content (AvgIpc) is 2.80. The van der Waals surface area contributed by atoms with E-state index in [9.17, 15) is 0 Å². The molecule has 0 unspecified atom stereocenters. The second-order valence-electron chi connectivity index (χ2n) is 7.30. The van der Waals surface area contributed by atoms with Crippen LogP contribution in [0, 0.1) is 0 Å². The number of nitrogens with one attached hydrogen (secondary N) is 2. The van der Waals surface area contributed by atoms with Gasteiger partial charge in [-0.2, -0.15) is 0 Å². The zero-order chi connectivity index (χ0) is 21.2. The van der Waals surface area contributed by atoms with Crippen LogP contribution in [0.25, 0.3) is 0 Å². The summed E-state index contributed by atoms with van der Waals surface area (Å²) in [7, 11) is 5.04. The van der Waals surface area contributed by atoms with Crippen LogP contribution in [-0.2, 0) is 6.54 Å². The van der Waals surface area contributed by atoms with Crippen molar-refractivity contribution in [2.24, 2.45) is 4.99 Å². The first-order valence-corrected chi connectivity index (χ1v) is 10.4. The van der Waals surface area contributed by atoms with E-state index < -0.39 is 0 Å². The number of aliphatic imine (C=N–C) groups is 1. The summed E-state index contributed by atoms with van der Waals surface area (Å²) in [6.07, 6.45) is 0. The third-order valence-corrected chi connectivity index (χ3v) is 5.30. The minimum atomic E-state index is 0. The van der Waals surface area contributed by atoms with Crippen molar-refractivity contribution in [2.45, 2.75) is 6.54 Å². The van der Waals surface area contributed by atoms with Crippen molar-refractivity contribution in [3.63, 3.8) is 0 Å². The summed E-state index contributed by atoms with van der Waals surface area (Å²) in [6.45, 7) is 7.26. The van der Waals surface area contributed by atoms with E-state index in [1.807, 2.05) is 18.2 Å². The van der Waals surface area contributed by atoms with Crippen molar-refractivity contribution in [3.8, 4) is 11.5 Å². The topological polar surface area (TPSA) is 61.4 Å². The summed E-state index contributed by atoms with van der Waals surface area (Å²) in [4.78, 5) is 9.34. The second kappa shape index (κ2) is 13.4. The van der Waals surface area contributed by atoms with Crippen molar-refractivity contribution in [2.75, 3.05) is 65.9 Å². The standard InChI is InChI=1S/C23H33N5O2.HI/c1-24-23(26-20-9-10-21(29-2)22(17-20)30-3)25-11-12-27-13-15-28(16-14-27)18-19-7-5-4-6-8-19;/h4-10,17H,11-16,18H2,1-3H3,(H2,24,25,26);1H. The summed E-state index contributed by atoms with van der Waals surface area (Å²) in [6, 6.07) is 16.4. The van der Waals surface area contributed by atoms with E-state index in [4.69, 9.17) is 9.47 Å². The monoisotopic (exact) mass is 539 g/mol. The number of nitrogens with zero attached hydrogens (tertiary/aromatic N) is 3. The number of piperazine rings is 1. The quantitative estimate of drug-likeness (QED) is 0.306. The van der Waals surface area contributed by atoms with Gasteiger partial charge in [-0.1, -0.05) is 30.3 Å². The SMILES string of the molecule is CN=C(NCCN1CCN(Cc2ccccc2)CC1)Nc1ccc(OC)c(OC)c1.I. The number of benzene rings is 2. The van der Waals surface area contributed by atoms with Crippen molar-refractivity contribution in [1.29, 1.82) is 0 Å². The Morgan fingerprint density at radius 1 is 0.935 bits per heavy atom. The van der Waals surface area contributed by atoms with Gasteiger partial charge >= 0.3 is 0 Å². The van der Waals surface area contributed by atoms with Crippen LogP contribution in [0.2, 0.25) is 0 Å². The normalized spacial score (nSPS) is 15.1. The number of guanidine groups is 1. The third kappa shape index (κ3) is 7.86. The molecule has 2 aromatic rings. The highest BCUT2D eigenvalue weighted by Crippen LogP contribution is 2.29. The third-order valence-electron chi connectivity index (χ3n) is 5.30. The molecule has 170 valence electrons. The Bertz CT molecular complexity index is 811. The van der Waals surface area contributed by atoms with Gasteiger partial charge in [0.1, 0.15) is 0 Å². The van der Waals surface area contributed by atoms with Gasteiger partial charge in [-0.3, -0.25) is 14.8 Å². The molecular weight excluding hydrogens is 505 g/mol. The predicted molar refractivity (Wildman–Crippen MR) is 138 cm³/mol. The van der Waals surface area contributed by atoms with E-state index in [1.54, 1.807) is 21.3 Å². The Morgan fingerprint density at radius 2 is 1.61 bits per heavy atom. The van der Waals surface area contributed by atoms with Gasteiger partial charge in [0.15, 0.2) is 17.5 Å². The molecule has 0 bridgehead atoms. The van der Waals surface area contributed by atoms with Crippen LogP contribution in [0.1, 0.15) is 5.56 Å². The Morgan fingerprint density at radius 3 is 2.26 bits per heavy atom. The van der Waals surface area contributed by atoms with Crippen molar-refractivity contribution >= 4 is 35.6 Å². The van der Waals surface area contributed by atoms with Gasteiger partial charge in [0.05, 0.1) is 14.2 Å². The molecule has 0 aliphatic carbocycles. The van der Waals surface area contributed by atoms with Gasteiger partial charge in [-0.25, -0.2) is 0 Å². The fraction of sp³-hybridized carbons (Fsp3) is 0.435. The molecule has 0 atom stereocenters. The molecule has 1 saturated heterocycles. The molecule has 0 spiro atoms. The number of rotatable bonds is 8. The minimum absolute atomic E-state index is 0. The summed E-state index contributed by atoms with van der Waals surface area (Å²) in [5.74, 6) is 2.13. The molecule has 0 amide bonds. The number of hydrogen-bond acceptors (Lipinski definition) is 5. The highest BCUT2D eigenvalue weighted by Gasteiger charge is 2.16. The number of anilines is 1. The molecule has 2 aromatic carbocycles. The summed E-state index contributed by atoms with van der Waals surface area (Å²) >= 11 is 0. The molecule has 1 fully saturated rings. The maximum Gasteiger partial charge on any atom is 0.195 e. The van der Waals surface area contributed by atoms with E-state index in [-0.39, 0.29) is 24.0 Å².